The summed E-state index contributed by atoms with van der Waals surface area (Å²) in [6, 6.07) is 7.45. The number of rotatable bonds is 5. The van der Waals surface area contributed by atoms with E-state index in [1.54, 1.807) is 0 Å². The zero-order valence-electron chi connectivity index (χ0n) is 10.1. The number of carbonyl (C=O) groups is 2. The zero-order chi connectivity index (χ0) is 12.8. The van der Waals surface area contributed by atoms with Crippen molar-refractivity contribution >= 4 is 23.2 Å². The van der Waals surface area contributed by atoms with E-state index in [2.05, 4.69) is 5.32 Å². The Bertz CT molecular complexity index is 399. The fourth-order valence-corrected chi connectivity index (χ4v) is 1.30. The average molecular weight is 235 g/mol. The topological polar surface area (TPSA) is 75.4 Å². The van der Waals surface area contributed by atoms with Gasteiger partial charge in [-0.15, -0.1) is 0 Å². The molecule has 0 aliphatic heterocycles. The Morgan fingerprint density at radius 3 is 2.24 bits per heavy atom. The number of nitrogens with one attached hydrogen (secondary N) is 1. The molecule has 0 unspecified atom stereocenters. The van der Waals surface area contributed by atoms with Crippen LogP contribution in [0.25, 0.3) is 0 Å². The van der Waals surface area contributed by atoms with Crippen LogP contribution >= 0.6 is 0 Å². The summed E-state index contributed by atoms with van der Waals surface area (Å²) in [5, 5.41) is 2.70. The van der Waals surface area contributed by atoms with Crippen LogP contribution in [0.2, 0.25) is 0 Å². The number of nitrogens with two attached hydrogens (primary N) is 1. The van der Waals surface area contributed by atoms with E-state index in [0.717, 1.165) is 5.69 Å². The van der Waals surface area contributed by atoms with Crippen LogP contribution in [-0.4, -0.2) is 25.9 Å². The third-order valence-electron chi connectivity index (χ3n) is 2.27. The molecule has 0 saturated heterocycles. The van der Waals surface area contributed by atoms with E-state index in [1.165, 1.54) is 0 Å². The lowest BCUT2D eigenvalue weighted by atomic mass is 10.2. The molecule has 0 radical (unpaired) electrons. The molecule has 0 fully saturated rings. The molecular weight excluding hydrogens is 218 g/mol. The van der Waals surface area contributed by atoms with E-state index in [1.807, 2.05) is 43.3 Å². The molecule has 1 rings (SSSR count). The third-order valence-corrected chi connectivity index (χ3v) is 2.27. The second-order valence-electron chi connectivity index (χ2n) is 3.96. The summed E-state index contributed by atoms with van der Waals surface area (Å²) in [5.74, 6) is -0.676. The summed E-state index contributed by atoms with van der Waals surface area (Å²) >= 11 is 0. The molecule has 0 aliphatic carbocycles. The van der Waals surface area contributed by atoms with Gasteiger partial charge in [0.2, 0.25) is 11.8 Å². The quantitative estimate of drug-likeness (QED) is 0.798. The van der Waals surface area contributed by atoms with Crippen molar-refractivity contribution in [3.05, 3.63) is 24.3 Å². The fraction of sp³-hybridized carbons (Fsp3) is 0.333. The van der Waals surface area contributed by atoms with Crippen molar-refractivity contribution < 1.29 is 9.59 Å². The highest BCUT2D eigenvalue weighted by molar-refractivity contribution is 5.93. The van der Waals surface area contributed by atoms with Gasteiger partial charge in [-0.25, -0.2) is 0 Å². The molecule has 0 aromatic heterocycles. The normalized spacial score (nSPS) is 9.76. The highest BCUT2D eigenvalue weighted by atomic mass is 16.2. The largest absolute Gasteiger partial charge is 0.378 e. The van der Waals surface area contributed by atoms with Crippen molar-refractivity contribution in [3.8, 4) is 0 Å². The van der Waals surface area contributed by atoms with Crippen LogP contribution in [0.15, 0.2) is 24.3 Å². The molecule has 0 bridgehead atoms. The molecule has 0 atom stereocenters. The number of hydrogen-bond donors (Lipinski definition) is 2. The van der Waals surface area contributed by atoms with Gasteiger partial charge in [0.25, 0.3) is 0 Å². The Hall–Kier alpha value is -2.04. The zero-order valence-corrected chi connectivity index (χ0v) is 10.1. The van der Waals surface area contributed by atoms with Crippen LogP contribution in [0.5, 0.6) is 0 Å². The van der Waals surface area contributed by atoms with Crippen LogP contribution in [-0.2, 0) is 9.59 Å². The van der Waals surface area contributed by atoms with Gasteiger partial charge in [0.15, 0.2) is 0 Å². The minimum absolute atomic E-state index is 0.0710. The second kappa shape index (κ2) is 5.89. The van der Waals surface area contributed by atoms with Crippen molar-refractivity contribution in [2.45, 2.75) is 12.8 Å². The van der Waals surface area contributed by atoms with Crippen LogP contribution in [0.3, 0.4) is 0 Å². The van der Waals surface area contributed by atoms with Gasteiger partial charge in [0.05, 0.1) is 0 Å². The SMILES string of the molecule is CN(C)c1ccc(NC(=O)CCC(N)=O)cc1. The highest BCUT2D eigenvalue weighted by Gasteiger charge is 2.04. The summed E-state index contributed by atoms with van der Waals surface area (Å²) in [6.07, 6.45) is 0.187. The van der Waals surface area contributed by atoms with E-state index in [-0.39, 0.29) is 18.7 Å². The number of nitrogens with zero attached hydrogens (tertiary/aromatic N) is 1. The molecule has 0 spiro atoms. The minimum atomic E-state index is -0.469. The first-order valence-electron chi connectivity index (χ1n) is 5.34. The van der Waals surface area contributed by atoms with Crippen LogP contribution in [0.1, 0.15) is 12.8 Å². The van der Waals surface area contributed by atoms with Crippen molar-refractivity contribution in [2.24, 2.45) is 5.73 Å². The molecule has 1 aromatic rings. The van der Waals surface area contributed by atoms with Gasteiger partial charge in [-0.1, -0.05) is 0 Å². The fourth-order valence-electron chi connectivity index (χ4n) is 1.30. The summed E-state index contributed by atoms with van der Waals surface area (Å²) in [5.41, 5.74) is 6.73. The van der Waals surface area contributed by atoms with Gasteiger partial charge in [-0.2, -0.15) is 0 Å². The first kappa shape index (κ1) is 13.0. The lowest BCUT2D eigenvalue weighted by Gasteiger charge is -2.12. The maximum absolute atomic E-state index is 11.4. The molecule has 0 aliphatic rings. The first-order valence-corrected chi connectivity index (χ1v) is 5.34. The molecule has 5 heteroatoms. The molecule has 2 amide bonds. The Labute approximate surface area is 101 Å². The van der Waals surface area contributed by atoms with Crippen molar-refractivity contribution in [1.29, 1.82) is 0 Å². The second-order valence-corrected chi connectivity index (χ2v) is 3.96. The third kappa shape index (κ3) is 4.55. The van der Waals surface area contributed by atoms with E-state index >= 15 is 0 Å². The predicted octanol–water partition coefficient (Wildman–Crippen LogP) is 0.957. The van der Waals surface area contributed by atoms with Gasteiger partial charge in [-0.05, 0) is 24.3 Å². The maximum atomic E-state index is 11.4. The summed E-state index contributed by atoms with van der Waals surface area (Å²) in [6.45, 7) is 0. The number of hydrogen-bond acceptors (Lipinski definition) is 3. The maximum Gasteiger partial charge on any atom is 0.224 e. The summed E-state index contributed by atoms with van der Waals surface area (Å²) in [4.78, 5) is 23.9. The van der Waals surface area contributed by atoms with Crippen LogP contribution < -0.4 is 16.0 Å². The number of primary amides is 1. The first-order chi connectivity index (χ1) is 7.99. The Morgan fingerprint density at radius 2 is 1.76 bits per heavy atom. The minimum Gasteiger partial charge on any atom is -0.378 e. The Kier molecular flexibility index (Phi) is 4.51. The molecular formula is C12H17N3O2. The van der Waals surface area contributed by atoms with Crippen molar-refractivity contribution in [1.82, 2.24) is 0 Å². The molecule has 3 N–H and O–H groups in total. The Morgan fingerprint density at radius 1 is 1.18 bits per heavy atom. The Balaban J connectivity index is 2.51. The number of carbonyl (C=O) groups excluding carboxylic acids is 2. The van der Waals surface area contributed by atoms with Gasteiger partial charge >= 0.3 is 0 Å². The van der Waals surface area contributed by atoms with Gasteiger partial charge < -0.3 is 16.0 Å². The predicted molar refractivity (Wildman–Crippen MR) is 67.8 cm³/mol. The lowest BCUT2D eigenvalue weighted by molar-refractivity contribution is -0.122. The summed E-state index contributed by atoms with van der Waals surface area (Å²) < 4.78 is 0. The van der Waals surface area contributed by atoms with E-state index in [9.17, 15) is 9.59 Å². The highest BCUT2D eigenvalue weighted by Crippen LogP contribution is 2.15. The summed E-state index contributed by atoms with van der Waals surface area (Å²) in [7, 11) is 3.89. The smallest absolute Gasteiger partial charge is 0.224 e. The standard InChI is InChI=1S/C12H17N3O2/c1-15(2)10-5-3-9(4-6-10)14-12(17)8-7-11(13)16/h3-6H,7-8H2,1-2H3,(H2,13,16)(H,14,17). The van der Waals surface area contributed by atoms with Crippen LogP contribution in [0.4, 0.5) is 11.4 Å². The number of amides is 2. The van der Waals surface area contributed by atoms with E-state index in [0.29, 0.717) is 5.69 Å². The van der Waals surface area contributed by atoms with E-state index < -0.39 is 5.91 Å². The molecule has 0 saturated carbocycles. The number of anilines is 2. The molecule has 0 heterocycles. The van der Waals surface area contributed by atoms with Crippen molar-refractivity contribution in [3.63, 3.8) is 0 Å². The van der Waals surface area contributed by atoms with Gasteiger partial charge in [0, 0.05) is 38.3 Å². The van der Waals surface area contributed by atoms with Crippen molar-refractivity contribution in [2.75, 3.05) is 24.3 Å². The van der Waals surface area contributed by atoms with E-state index in [4.69, 9.17) is 5.73 Å². The van der Waals surface area contributed by atoms with Crippen LogP contribution in [0, 0.1) is 0 Å². The monoisotopic (exact) mass is 235 g/mol. The molecule has 5 nitrogen and oxygen atoms in total. The molecule has 17 heavy (non-hydrogen) atoms. The van der Waals surface area contributed by atoms with Gasteiger partial charge in [0.1, 0.15) is 0 Å². The molecule has 92 valence electrons. The van der Waals surface area contributed by atoms with Gasteiger partial charge in [-0.3, -0.25) is 9.59 Å². The average Bonchev–Trinajstić information content (AvgIpc) is 2.27. The number of benzene rings is 1. The molecule has 1 aromatic carbocycles. The lowest BCUT2D eigenvalue weighted by Crippen LogP contribution is -2.17.